The Balaban J connectivity index is 2.17. The van der Waals surface area contributed by atoms with Gasteiger partial charge in [0.1, 0.15) is 10.9 Å². The van der Waals surface area contributed by atoms with Crippen molar-refractivity contribution in [2.75, 3.05) is 36.2 Å². The number of nitrogens with zero attached hydrogens (tertiary/aromatic N) is 3. The molecule has 5 N–H and O–H groups in total. The molecular formula is C28H36N6O3S. The van der Waals surface area contributed by atoms with E-state index in [1.807, 2.05) is 74.4 Å². The SMILES string of the molecule is CCc1ccc(N(C(=O)c2snc(C(N)=O)c2N)[C@@H](C(=O)NCCC(C)C)c2ccc(N(C)C)cc2)cc1. The van der Waals surface area contributed by atoms with E-state index in [-0.39, 0.29) is 22.2 Å². The zero-order valence-corrected chi connectivity index (χ0v) is 23.3. The van der Waals surface area contributed by atoms with Crippen LogP contribution in [0.4, 0.5) is 17.1 Å². The van der Waals surface area contributed by atoms with Gasteiger partial charge in [-0.2, -0.15) is 4.37 Å². The molecule has 0 unspecified atom stereocenters. The molecule has 3 rings (SSSR count). The van der Waals surface area contributed by atoms with E-state index in [4.69, 9.17) is 11.5 Å². The standard InChI is InChI=1S/C28H36N6O3S/c1-6-18-7-11-21(12-8-18)34(28(37)25-22(29)23(26(30)35)32-38-25)24(27(36)31-16-15-17(2)3)19-9-13-20(14-10-19)33(4)5/h7-14,17,24H,6,15-16,29H2,1-5H3,(H2,30,35)(H,31,36)/t24-/m1/s1. The van der Waals surface area contributed by atoms with Gasteiger partial charge in [-0.25, -0.2) is 0 Å². The monoisotopic (exact) mass is 536 g/mol. The summed E-state index contributed by atoms with van der Waals surface area (Å²) in [6, 6.07) is 13.9. The smallest absolute Gasteiger partial charge is 0.273 e. The largest absolute Gasteiger partial charge is 0.395 e. The summed E-state index contributed by atoms with van der Waals surface area (Å²) in [5.74, 6) is -1.29. The lowest BCUT2D eigenvalue weighted by atomic mass is 10.0. The van der Waals surface area contributed by atoms with Gasteiger partial charge >= 0.3 is 0 Å². The van der Waals surface area contributed by atoms with Crippen LogP contribution in [0, 0.1) is 5.92 Å². The highest BCUT2D eigenvalue weighted by Crippen LogP contribution is 2.34. The normalized spacial score (nSPS) is 11.7. The van der Waals surface area contributed by atoms with Crippen molar-refractivity contribution in [2.24, 2.45) is 11.7 Å². The first kappa shape index (κ1) is 28.6. The minimum absolute atomic E-state index is 0.0447. The number of nitrogens with one attached hydrogen (secondary N) is 1. The molecule has 1 aromatic heterocycles. The molecule has 0 aliphatic carbocycles. The molecule has 2 aromatic carbocycles. The van der Waals surface area contributed by atoms with Crippen molar-refractivity contribution in [3.05, 3.63) is 70.2 Å². The topological polar surface area (TPSA) is 135 Å². The van der Waals surface area contributed by atoms with Crippen LogP contribution < -0.4 is 26.6 Å². The number of hydrogen-bond acceptors (Lipinski definition) is 7. The maximum atomic E-state index is 14.1. The van der Waals surface area contributed by atoms with Gasteiger partial charge in [0.2, 0.25) is 5.91 Å². The van der Waals surface area contributed by atoms with E-state index in [2.05, 4.69) is 23.5 Å². The molecule has 0 saturated heterocycles. The summed E-state index contributed by atoms with van der Waals surface area (Å²) in [4.78, 5) is 43.1. The summed E-state index contributed by atoms with van der Waals surface area (Å²) >= 11 is 0.790. The molecule has 0 aliphatic heterocycles. The number of benzene rings is 2. The third-order valence-corrected chi connectivity index (χ3v) is 7.10. The number of rotatable bonds is 11. The van der Waals surface area contributed by atoms with E-state index in [9.17, 15) is 14.4 Å². The van der Waals surface area contributed by atoms with Crippen molar-refractivity contribution in [1.82, 2.24) is 9.69 Å². The molecule has 9 nitrogen and oxygen atoms in total. The van der Waals surface area contributed by atoms with Crippen molar-refractivity contribution in [3.8, 4) is 0 Å². The quantitative estimate of drug-likeness (QED) is 0.339. The Morgan fingerprint density at radius 1 is 1.00 bits per heavy atom. The highest BCUT2D eigenvalue weighted by molar-refractivity contribution is 7.09. The van der Waals surface area contributed by atoms with E-state index in [1.54, 1.807) is 0 Å². The average molecular weight is 537 g/mol. The Morgan fingerprint density at radius 3 is 2.11 bits per heavy atom. The number of anilines is 3. The second-order valence-electron chi connectivity index (χ2n) is 9.70. The van der Waals surface area contributed by atoms with E-state index >= 15 is 0 Å². The lowest BCUT2D eigenvalue weighted by Crippen LogP contribution is -2.44. The number of aromatic nitrogens is 1. The first-order valence-corrected chi connectivity index (χ1v) is 13.3. The second-order valence-corrected chi connectivity index (χ2v) is 10.5. The molecule has 202 valence electrons. The highest BCUT2D eigenvalue weighted by Gasteiger charge is 2.36. The average Bonchev–Trinajstić information content (AvgIpc) is 3.28. The number of nitrogens with two attached hydrogens (primary N) is 2. The summed E-state index contributed by atoms with van der Waals surface area (Å²) in [5.41, 5.74) is 14.5. The minimum Gasteiger partial charge on any atom is -0.395 e. The molecule has 38 heavy (non-hydrogen) atoms. The number of primary amides is 1. The lowest BCUT2D eigenvalue weighted by Gasteiger charge is -2.32. The fraction of sp³-hybridized carbons (Fsp3) is 0.357. The maximum Gasteiger partial charge on any atom is 0.273 e. The van der Waals surface area contributed by atoms with Gasteiger partial charge in [-0.15, -0.1) is 0 Å². The van der Waals surface area contributed by atoms with Gasteiger partial charge in [0.15, 0.2) is 5.69 Å². The minimum atomic E-state index is -1.00. The zero-order chi connectivity index (χ0) is 28.0. The molecular weight excluding hydrogens is 500 g/mol. The Kier molecular flexibility index (Phi) is 9.46. The van der Waals surface area contributed by atoms with Crippen molar-refractivity contribution in [2.45, 2.75) is 39.7 Å². The Labute approximate surface area is 228 Å². The molecule has 0 saturated carbocycles. The number of nitrogen functional groups attached to an aromatic ring is 1. The van der Waals surface area contributed by atoms with Crippen molar-refractivity contribution in [1.29, 1.82) is 0 Å². The fourth-order valence-electron chi connectivity index (χ4n) is 3.97. The lowest BCUT2D eigenvalue weighted by molar-refractivity contribution is -0.122. The molecule has 0 spiro atoms. The number of aryl methyl sites for hydroxylation is 1. The van der Waals surface area contributed by atoms with Crippen LogP contribution in [0.1, 0.15) is 64.5 Å². The van der Waals surface area contributed by atoms with Gasteiger partial charge in [0.25, 0.3) is 11.8 Å². The highest BCUT2D eigenvalue weighted by atomic mass is 32.1. The number of carbonyl (C=O) groups is 3. The predicted molar refractivity (Wildman–Crippen MR) is 154 cm³/mol. The predicted octanol–water partition coefficient (Wildman–Crippen LogP) is 4.00. The Morgan fingerprint density at radius 2 is 1.61 bits per heavy atom. The van der Waals surface area contributed by atoms with Gasteiger partial charge < -0.3 is 21.7 Å². The van der Waals surface area contributed by atoms with Crippen LogP contribution >= 0.6 is 11.5 Å². The van der Waals surface area contributed by atoms with Gasteiger partial charge in [-0.1, -0.05) is 45.0 Å². The van der Waals surface area contributed by atoms with Crippen molar-refractivity contribution < 1.29 is 14.4 Å². The molecule has 0 fully saturated rings. The molecule has 10 heteroatoms. The van der Waals surface area contributed by atoms with E-state index in [0.717, 1.165) is 35.6 Å². The van der Waals surface area contributed by atoms with Crippen LogP contribution in [-0.2, 0) is 11.2 Å². The van der Waals surface area contributed by atoms with Crippen LogP contribution in [0.15, 0.2) is 48.5 Å². The Hall–Kier alpha value is -3.92. The van der Waals surface area contributed by atoms with E-state index < -0.39 is 17.9 Å². The molecule has 1 heterocycles. The van der Waals surface area contributed by atoms with E-state index in [1.165, 1.54) is 4.90 Å². The molecule has 0 bridgehead atoms. The van der Waals surface area contributed by atoms with Crippen LogP contribution in [-0.4, -0.2) is 42.7 Å². The molecule has 3 amide bonds. The van der Waals surface area contributed by atoms with Gasteiger partial charge in [-0.05, 0) is 65.7 Å². The third-order valence-electron chi connectivity index (χ3n) is 6.25. The number of amides is 3. The number of hydrogen-bond donors (Lipinski definition) is 3. The van der Waals surface area contributed by atoms with E-state index in [0.29, 0.717) is 23.7 Å². The first-order chi connectivity index (χ1) is 18.0. The first-order valence-electron chi connectivity index (χ1n) is 12.6. The van der Waals surface area contributed by atoms with Gasteiger partial charge in [0, 0.05) is 32.0 Å². The summed E-state index contributed by atoms with van der Waals surface area (Å²) in [6.45, 7) is 6.67. The molecule has 0 radical (unpaired) electrons. The van der Waals surface area contributed by atoms with Crippen molar-refractivity contribution >= 4 is 46.3 Å². The van der Waals surface area contributed by atoms with Crippen molar-refractivity contribution in [3.63, 3.8) is 0 Å². The summed E-state index contributed by atoms with van der Waals surface area (Å²) in [5, 5.41) is 3.01. The van der Waals surface area contributed by atoms with Crippen LogP contribution in [0.5, 0.6) is 0 Å². The van der Waals surface area contributed by atoms with Gasteiger partial charge in [-0.3, -0.25) is 19.3 Å². The van der Waals surface area contributed by atoms with Gasteiger partial charge in [0.05, 0.1) is 5.69 Å². The maximum absolute atomic E-state index is 14.1. The van der Waals surface area contributed by atoms with Crippen LogP contribution in [0.25, 0.3) is 0 Å². The molecule has 3 aromatic rings. The molecule has 1 atom stereocenters. The summed E-state index contributed by atoms with van der Waals surface area (Å²) < 4.78 is 4.01. The molecule has 0 aliphatic rings. The van der Waals surface area contributed by atoms with Crippen LogP contribution in [0.2, 0.25) is 0 Å². The third kappa shape index (κ3) is 6.49. The fourth-order valence-corrected chi connectivity index (χ4v) is 4.71. The summed E-state index contributed by atoms with van der Waals surface area (Å²) in [6.07, 6.45) is 1.62. The zero-order valence-electron chi connectivity index (χ0n) is 22.5. The Bertz CT molecular complexity index is 1270. The number of carbonyl (C=O) groups excluding carboxylic acids is 3. The van der Waals surface area contributed by atoms with Crippen LogP contribution in [0.3, 0.4) is 0 Å². The summed E-state index contributed by atoms with van der Waals surface area (Å²) in [7, 11) is 3.86. The second kappa shape index (κ2) is 12.6.